The van der Waals surface area contributed by atoms with Crippen LogP contribution in [0, 0.1) is 0 Å². The molecule has 0 aliphatic carbocycles. The molecule has 2 rings (SSSR count). The summed E-state index contributed by atoms with van der Waals surface area (Å²) < 4.78 is 4.97. The maximum atomic E-state index is 10.7. The van der Waals surface area contributed by atoms with Crippen molar-refractivity contribution in [2.45, 2.75) is 12.5 Å². The Morgan fingerprint density at radius 1 is 1.62 bits per heavy atom. The van der Waals surface area contributed by atoms with Crippen LogP contribution < -0.4 is 4.74 Å². The van der Waals surface area contributed by atoms with E-state index in [0.717, 1.165) is 0 Å². The molecule has 0 saturated carbocycles. The summed E-state index contributed by atoms with van der Waals surface area (Å²) in [5, 5.41) is 12.4. The number of pyridine rings is 1. The van der Waals surface area contributed by atoms with E-state index in [2.05, 4.69) is 10.1 Å². The maximum absolute atomic E-state index is 10.7. The molecule has 1 unspecified atom stereocenters. The Morgan fingerprint density at radius 3 is 3.06 bits per heavy atom. The number of oxime groups is 1. The highest BCUT2D eigenvalue weighted by Gasteiger charge is 2.29. The number of ether oxygens (including phenoxy) is 1. The van der Waals surface area contributed by atoms with Crippen molar-refractivity contribution in [1.82, 2.24) is 4.98 Å². The standard InChI is InChI=1S/C10H10N2O4/c1-15-9-4-2-3-6(11-9)7-5-8(10(13)14)16-12-7/h2-4,8H,5H2,1H3,(H,13,14). The van der Waals surface area contributed by atoms with Crippen LogP contribution in [-0.4, -0.2) is 35.0 Å². The van der Waals surface area contributed by atoms with Crippen LogP contribution in [0.5, 0.6) is 5.88 Å². The highest BCUT2D eigenvalue weighted by Crippen LogP contribution is 2.17. The fourth-order valence-corrected chi connectivity index (χ4v) is 1.35. The summed E-state index contributed by atoms with van der Waals surface area (Å²) in [4.78, 5) is 19.6. The first-order chi connectivity index (χ1) is 7.70. The molecule has 1 N–H and O–H groups in total. The fraction of sp³-hybridized carbons (Fsp3) is 0.300. The Kier molecular flexibility index (Phi) is 2.72. The van der Waals surface area contributed by atoms with Gasteiger partial charge in [0.05, 0.1) is 12.8 Å². The third kappa shape index (κ3) is 1.95. The van der Waals surface area contributed by atoms with Crippen molar-refractivity contribution in [1.29, 1.82) is 0 Å². The van der Waals surface area contributed by atoms with Gasteiger partial charge in [0.25, 0.3) is 0 Å². The molecule has 16 heavy (non-hydrogen) atoms. The minimum Gasteiger partial charge on any atom is -0.481 e. The van der Waals surface area contributed by atoms with Crippen LogP contribution in [0.15, 0.2) is 23.4 Å². The second-order valence-corrected chi connectivity index (χ2v) is 3.24. The monoisotopic (exact) mass is 222 g/mol. The smallest absolute Gasteiger partial charge is 0.348 e. The van der Waals surface area contributed by atoms with Gasteiger partial charge in [0.15, 0.2) is 0 Å². The van der Waals surface area contributed by atoms with Gasteiger partial charge in [-0.3, -0.25) is 0 Å². The average Bonchev–Trinajstić information content (AvgIpc) is 2.78. The number of methoxy groups -OCH3 is 1. The normalized spacial score (nSPS) is 18.8. The Hall–Kier alpha value is -2.11. The largest absolute Gasteiger partial charge is 0.481 e. The first-order valence-corrected chi connectivity index (χ1v) is 4.67. The van der Waals surface area contributed by atoms with Crippen LogP contribution in [-0.2, 0) is 9.63 Å². The summed E-state index contributed by atoms with van der Waals surface area (Å²) in [5.41, 5.74) is 1.09. The van der Waals surface area contributed by atoms with Gasteiger partial charge < -0.3 is 14.7 Å². The maximum Gasteiger partial charge on any atom is 0.348 e. The molecule has 0 saturated heterocycles. The first-order valence-electron chi connectivity index (χ1n) is 4.67. The number of nitrogens with zero attached hydrogens (tertiary/aromatic N) is 2. The summed E-state index contributed by atoms with van der Waals surface area (Å²) in [5.74, 6) is -0.569. The van der Waals surface area contributed by atoms with Gasteiger partial charge in [-0.15, -0.1) is 0 Å². The molecule has 0 radical (unpaired) electrons. The van der Waals surface area contributed by atoms with E-state index in [1.54, 1.807) is 18.2 Å². The van der Waals surface area contributed by atoms with Crippen molar-refractivity contribution in [3.63, 3.8) is 0 Å². The highest BCUT2D eigenvalue weighted by atomic mass is 16.7. The highest BCUT2D eigenvalue weighted by molar-refractivity contribution is 6.02. The van der Waals surface area contributed by atoms with Crippen LogP contribution in [0.1, 0.15) is 12.1 Å². The summed E-state index contributed by atoms with van der Waals surface area (Å²) in [6, 6.07) is 5.20. The zero-order valence-electron chi connectivity index (χ0n) is 8.58. The van der Waals surface area contributed by atoms with Crippen molar-refractivity contribution in [2.24, 2.45) is 5.16 Å². The Balaban J connectivity index is 2.17. The lowest BCUT2D eigenvalue weighted by molar-refractivity contribution is -0.148. The molecule has 0 fully saturated rings. The predicted molar refractivity (Wildman–Crippen MR) is 54.5 cm³/mol. The molecule has 0 bridgehead atoms. The Morgan fingerprint density at radius 2 is 2.44 bits per heavy atom. The molecule has 1 aliphatic heterocycles. The van der Waals surface area contributed by atoms with Crippen LogP contribution in [0.2, 0.25) is 0 Å². The van der Waals surface area contributed by atoms with Crippen LogP contribution in [0.25, 0.3) is 0 Å². The average molecular weight is 222 g/mol. The van der Waals surface area contributed by atoms with Gasteiger partial charge in [0.1, 0.15) is 5.71 Å². The Bertz CT molecular complexity index is 444. The van der Waals surface area contributed by atoms with Gasteiger partial charge in [-0.2, -0.15) is 0 Å². The number of aliphatic carboxylic acids is 1. The molecule has 6 heteroatoms. The third-order valence-electron chi connectivity index (χ3n) is 2.17. The van der Waals surface area contributed by atoms with Crippen molar-refractivity contribution in [3.8, 4) is 5.88 Å². The van der Waals surface area contributed by atoms with Crippen LogP contribution in [0.4, 0.5) is 0 Å². The molecule has 84 valence electrons. The minimum absolute atomic E-state index is 0.218. The van der Waals surface area contributed by atoms with E-state index < -0.39 is 12.1 Å². The zero-order valence-corrected chi connectivity index (χ0v) is 8.58. The quantitative estimate of drug-likeness (QED) is 0.812. The van der Waals surface area contributed by atoms with E-state index in [9.17, 15) is 4.79 Å². The number of hydrogen-bond donors (Lipinski definition) is 1. The molecule has 6 nitrogen and oxygen atoms in total. The van der Waals surface area contributed by atoms with Gasteiger partial charge in [0, 0.05) is 12.5 Å². The molecule has 2 heterocycles. The second-order valence-electron chi connectivity index (χ2n) is 3.24. The number of rotatable bonds is 3. The van der Waals surface area contributed by atoms with Crippen molar-refractivity contribution >= 4 is 11.7 Å². The van der Waals surface area contributed by atoms with Gasteiger partial charge in [-0.05, 0) is 6.07 Å². The predicted octanol–water partition coefficient (Wildman–Crippen LogP) is 0.668. The van der Waals surface area contributed by atoms with E-state index in [-0.39, 0.29) is 6.42 Å². The molecular formula is C10H10N2O4. The summed E-state index contributed by atoms with van der Waals surface area (Å²) >= 11 is 0. The first kappa shape index (κ1) is 10.4. The van der Waals surface area contributed by atoms with E-state index in [0.29, 0.717) is 17.3 Å². The third-order valence-corrected chi connectivity index (χ3v) is 2.17. The van der Waals surface area contributed by atoms with Crippen molar-refractivity contribution < 1.29 is 19.5 Å². The lowest BCUT2D eigenvalue weighted by Crippen LogP contribution is -2.20. The van der Waals surface area contributed by atoms with Crippen molar-refractivity contribution in [2.75, 3.05) is 7.11 Å². The number of carboxylic acids is 1. The molecule has 1 aromatic rings. The SMILES string of the molecule is COc1cccc(C2=NOC(C(=O)O)C2)n1. The topological polar surface area (TPSA) is 81.0 Å². The molecule has 1 aromatic heterocycles. The van der Waals surface area contributed by atoms with Gasteiger partial charge in [0.2, 0.25) is 12.0 Å². The van der Waals surface area contributed by atoms with E-state index >= 15 is 0 Å². The van der Waals surface area contributed by atoms with E-state index in [1.165, 1.54) is 7.11 Å². The van der Waals surface area contributed by atoms with E-state index in [4.69, 9.17) is 14.7 Å². The van der Waals surface area contributed by atoms with E-state index in [1.807, 2.05) is 0 Å². The molecular weight excluding hydrogens is 212 g/mol. The van der Waals surface area contributed by atoms with Crippen LogP contribution in [0.3, 0.4) is 0 Å². The lowest BCUT2D eigenvalue weighted by atomic mass is 10.1. The number of carbonyl (C=O) groups is 1. The molecule has 0 amide bonds. The number of hydrogen-bond acceptors (Lipinski definition) is 5. The minimum atomic E-state index is -1.03. The summed E-state index contributed by atoms with van der Waals surface area (Å²) in [7, 11) is 1.51. The molecule has 0 aromatic carbocycles. The number of carboxylic acid groups (broad SMARTS) is 1. The molecule has 1 aliphatic rings. The molecule has 1 atom stereocenters. The van der Waals surface area contributed by atoms with Gasteiger partial charge in [-0.1, -0.05) is 11.2 Å². The number of aromatic nitrogens is 1. The van der Waals surface area contributed by atoms with Gasteiger partial charge in [-0.25, -0.2) is 9.78 Å². The van der Waals surface area contributed by atoms with Crippen molar-refractivity contribution in [3.05, 3.63) is 23.9 Å². The second kappa shape index (κ2) is 4.18. The molecule has 0 spiro atoms. The van der Waals surface area contributed by atoms with Crippen LogP contribution >= 0.6 is 0 Å². The zero-order chi connectivity index (χ0) is 11.5. The fourth-order valence-electron chi connectivity index (χ4n) is 1.35. The lowest BCUT2D eigenvalue weighted by Gasteiger charge is -2.01. The summed E-state index contributed by atoms with van der Waals surface area (Å²) in [6.45, 7) is 0. The Labute approximate surface area is 91.5 Å². The summed E-state index contributed by atoms with van der Waals surface area (Å²) in [6.07, 6.45) is -0.696. The van der Waals surface area contributed by atoms with Gasteiger partial charge >= 0.3 is 5.97 Å².